The second-order valence-corrected chi connectivity index (χ2v) is 6.54. The number of carbonyl (C=O) groups is 1. The number of hydrogen-bond acceptors (Lipinski definition) is 5. The molecule has 2 N–H and O–H groups in total. The number of rotatable bonds is 4. The van der Waals surface area contributed by atoms with Crippen LogP contribution in [0.15, 0.2) is 15.7 Å². The first-order valence-electron chi connectivity index (χ1n) is 8.17. The Labute approximate surface area is 139 Å². The number of hydrogen-bond donors (Lipinski definition) is 2. The van der Waals surface area contributed by atoms with Gasteiger partial charge < -0.3 is 14.4 Å². The maximum absolute atomic E-state index is 12.8. The standard InChI is InChI=1S/C16H23N3O5/c1-23-11-3-4-16(24-2)5-6-19(12(16)9-11)14(21)8-10-7-13(20)17-18-15(10)22/h7,11-12H,3-6,8-9H2,1-2H3,(H,17,20)(H,18,22)/t11-,12-,16+/m0/s1. The lowest BCUT2D eigenvalue weighted by atomic mass is 9.79. The normalized spacial score (nSPS) is 29.5. The molecule has 0 unspecified atom stereocenters. The van der Waals surface area contributed by atoms with Gasteiger partial charge in [0.15, 0.2) is 0 Å². The number of amides is 1. The van der Waals surface area contributed by atoms with Gasteiger partial charge in [-0.1, -0.05) is 0 Å². The molecular formula is C16H23N3O5. The number of aromatic amines is 2. The zero-order valence-electron chi connectivity index (χ0n) is 14.0. The summed E-state index contributed by atoms with van der Waals surface area (Å²) in [5.41, 5.74) is -1.02. The van der Waals surface area contributed by atoms with Crippen LogP contribution >= 0.6 is 0 Å². The Morgan fingerprint density at radius 2 is 2.12 bits per heavy atom. The fraction of sp³-hybridized carbons (Fsp3) is 0.688. The predicted octanol–water partition coefficient (Wildman–Crippen LogP) is -0.209. The van der Waals surface area contributed by atoms with Gasteiger partial charge in [0.05, 0.1) is 24.2 Å². The predicted molar refractivity (Wildman–Crippen MR) is 85.9 cm³/mol. The van der Waals surface area contributed by atoms with Crippen molar-refractivity contribution in [3.8, 4) is 0 Å². The molecule has 132 valence electrons. The first-order chi connectivity index (χ1) is 11.5. The fourth-order valence-corrected chi connectivity index (χ4v) is 4.03. The molecule has 1 aromatic rings. The number of aromatic nitrogens is 2. The van der Waals surface area contributed by atoms with Crippen molar-refractivity contribution in [1.82, 2.24) is 15.1 Å². The van der Waals surface area contributed by atoms with Crippen LogP contribution in [0.3, 0.4) is 0 Å². The highest BCUT2D eigenvalue weighted by Gasteiger charge is 2.52. The Kier molecular flexibility index (Phi) is 4.60. The van der Waals surface area contributed by atoms with Crippen molar-refractivity contribution in [3.05, 3.63) is 32.3 Å². The van der Waals surface area contributed by atoms with Crippen molar-refractivity contribution in [2.45, 2.75) is 49.9 Å². The molecule has 2 heterocycles. The number of fused-ring (bicyclic) bond motifs is 1. The zero-order valence-corrected chi connectivity index (χ0v) is 14.0. The van der Waals surface area contributed by atoms with Gasteiger partial charge in [-0.15, -0.1) is 0 Å². The third-order valence-corrected chi connectivity index (χ3v) is 5.43. The van der Waals surface area contributed by atoms with Crippen molar-refractivity contribution < 1.29 is 14.3 Å². The van der Waals surface area contributed by atoms with Crippen LogP contribution < -0.4 is 11.1 Å². The minimum atomic E-state index is -0.446. The molecule has 8 nitrogen and oxygen atoms in total. The van der Waals surface area contributed by atoms with Gasteiger partial charge in [0.2, 0.25) is 5.91 Å². The van der Waals surface area contributed by atoms with Crippen LogP contribution in [0, 0.1) is 0 Å². The van der Waals surface area contributed by atoms with Gasteiger partial charge in [-0.3, -0.25) is 24.6 Å². The Bertz CT molecular complexity index is 727. The lowest BCUT2D eigenvalue weighted by Crippen LogP contribution is -2.53. The fourth-order valence-electron chi connectivity index (χ4n) is 4.03. The Hall–Kier alpha value is -1.93. The molecule has 3 rings (SSSR count). The molecule has 0 aromatic carbocycles. The molecule has 0 bridgehead atoms. The first-order valence-corrected chi connectivity index (χ1v) is 8.17. The van der Waals surface area contributed by atoms with Gasteiger partial charge in [0.1, 0.15) is 0 Å². The number of H-pyrrole nitrogens is 2. The van der Waals surface area contributed by atoms with Crippen LogP contribution in [-0.4, -0.2) is 59.5 Å². The molecule has 0 spiro atoms. The molecule has 1 aromatic heterocycles. The number of methoxy groups -OCH3 is 2. The van der Waals surface area contributed by atoms with E-state index in [1.165, 1.54) is 6.07 Å². The van der Waals surface area contributed by atoms with Gasteiger partial charge in [0, 0.05) is 32.4 Å². The Balaban J connectivity index is 1.80. The van der Waals surface area contributed by atoms with E-state index in [0.29, 0.717) is 6.54 Å². The van der Waals surface area contributed by atoms with Crippen LogP contribution in [0.25, 0.3) is 0 Å². The highest BCUT2D eigenvalue weighted by molar-refractivity contribution is 5.79. The second kappa shape index (κ2) is 6.52. The number of likely N-dealkylation sites (tertiary alicyclic amines) is 1. The molecule has 1 saturated carbocycles. The van der Waals surface area contributed by atoms with Crippen molar-refractivity contribution in [1.29, 1.82) is 0 Å². The molecular weight excluding hydrogens is 314 g/mol. The summed E-state index contributed by atoms with van der Waals surface area (Å²) in [6.07, 6.45) is 3.28. The quantitative estimate of drug-likeness (QED) is 0.791. The van der Waals surface area contributed by atoms with Gasteiger partial charge in [0.25, 0.3) is 11.1 Å². The average molecular weight is 337 g/mol. The van der Waals surface area contributed by atoms with Crippen LogP contribution in [0.4, 0.5) is 0 Å². The number of nitrogens with one attached hydrogen (secondary N) is 2. The summed E-state index contributed by atoms with van der Waals surface area (Å²) in [6.45, 7) is 0.592. The van der Waals surface area contributed by atoms with Gasteiger partial charge >= 0.3 is 0 Å². The average Bonchev–Trinajstić information content (AvgIpc) is 2.97. The minimum Gasteiger partial charge on any atom is -0.381 e. The zero-order chi connectivity index (χ0) is 17.3. The number of ether oxygens (including phenoxy) is 2. The van der Waals surface area contributed by atoms with Gasteiger partial charge in [-0.2, -0.15) is 0 Å². The highest BCUT2D eigenvalue weighted by atomic mass is 16.5. The molecule has 1 aliphatic carbocycles. The summed E-state index contributed by atoms with van der Waals surface area (Å²) >= 11 is 0. The van der Waals surface area contributed by atoms with Crippen LogP contribution in [0.1, 0.15) is 31.2 Å². The minimum absolute atomic E-state index is 0.0604. The third kappa shape index (κ3) is 2.91. The smallest absolute Gasteiger partial charge is 0.266 e. The van der Waals surface area contributed by atoms with E-state index in [1.54, 1.807) is 19.1 Å². The molecule has 0 radical (unpaired) electrons. The van der Waals surface area contributed by atoms with Crippen molar-refractivity contribution in [2.75, 3.05) is 20.8 Å². The van der Waals surface area contributed by atoms with E-state index in [0.717, 1.165) is 25.7 Å². The topological polar surface area (TPSA) is 104 Å². The van der Waals surface area contributed by atoms with E-state index < -0.39 is 11.1 Å². The molecule has 2 aliphatic rings. The maximum Gasteiger partial charge on any atom is 0.266 e. The van der Waals surface area contributed by atoms with E-state index in [1.807, 2.05) is 0 Å². The largest absolute Gasteiger partial charge is 0.381 e. The summed E-state index contributed by atoms with van der Waals surface area (Å²) in [5.74, 6) is -0.160. The van der Waals surface area contributed by atoms with E-state index in [2.05, 4.69) is 10.2 Å². The SMILES string of the molecule is CO[C@H]1CC[C@@]2(OC)CCN(C(=O)Cc3cc(=O)[nH][nH]c3=O)[C@H]2C1. The summed E-state index contributed by atoms with van der Waals surface area (Å²) in [6, 6.07) is 1.12. The molecule has 2 fully saturated rings. The van der Waals surface area contributed by atoms with E-state index in [4.69, 9.17) is 9.47 Å². The first kappa shape index (κ1) is 16.9. The van der Waals surface area contributed by atoms with E-state index >= 15 is 0 Å². The number of nitrogens with zero attached hydrogens (tertiary/aromatic N) is 1. The van der Waals surface area contributed by atoms with Crippen LogP contribution in [-0.2, 0) is 20.7 Å². The molecule has 1 saturated heterocycles. The molecule has 8 heteroatoms. The van der Waals surface area contributed by atoms with Crippen LogP contribution in [0.5, 0.6) is 0 Å². The van der Waals surface area contributed by atoms with E-state index in [-0.39, 0.29) is 35.6 Å². The third-order valence-electron chi connectivity index (χ3n) is 5.43. The van der Waals surface area contributed by atoms with Crippen molar-refractivity contribution >= 4 is 5.91 Å². The Morgan fingerprint density at radius 3 is 2.83 bits per heavy atom. The molecule has 3 atom stereocenters. The summed E-state index contributed by atoms with van der Waals surface area (Å²) in [4.78, 5) is 37.7. The molecule has 1 amide bonds. The van der Waals surface area contributed by atoms with Crippen molar-refractivity contribution in [2.24, 2.45) is 0 Å². The summed E-state index contributed by atoms with van der Waals surface area (Å²) in [7, 11) is 3.37. The van der Waals surface area contributed by atoms with E-state index in [9.17, 15) is 14.4 Å². The Morgan fingerprint density at radius 1 is 1.33 bits per heavy atom. The monoisotopic (exact) mass is 337 g/mol. The lowest BCUT2D eigenvalue weighted by Gasteiger charge is -2.43. The lowest BCUT2D eigenvalue weighted by molar-refractivity contribution is -0.140. The van der Waals surface area contributed by atoms with Gasteiger partial charge in [-0.25, -0.2) is 0 Å². The second-order valence-electron chi connectivity index (χ2n) is 6.54. The maximum atomic E-state index is 12.8. The summed E-state index contributed by atoms with van der Waals surface area (Å²) in [5, 5.41) is 4.45. The molecule has 24 heavy (non-hydrogen) atoms. The summed E-state index contributed by atoms with van der Waals surface area (Å²) < 4.78 is 11.3. The number of carbonyl (C=O) groups excluding carboxylic acids is 1. The van der Waals surface area contributed by atoms with Crippen LogP contribution in [0.2, 0.25) is 0 Å². The van der Waals surface area contributed by atoms with Crippen molar-refractivity contribution in [3.63, 3.8) is 0 Å². The highest BCUT2D eigenvalue weighted by Crippen LogP contribution is 2.43. The molecule has 1 aliphatic heterocycles. The van der Waals surface area contributed by atoms with Gasteiger partial charge in [-0.05, 0) is 25.7 Å².